The van der Waals surface area contributed by atoms with Gasteiger partial charge < -0.3 is 10.1 Å². The molecule has 0 aliphatic carbocycles. The Bertz CT molecular complexity index is 932. The average molecular weight is 421 g/mol. The number of fused-ring (bicyclic) bond motifs is 1. The van der Waals surface area contributed by atoms with E-state index in [2.05, 4.69) is 10.2 Å². The molecule has 2 aliphatic rings. The van der Waals surface area contributed by atoms with Crippen LogP contribution in [0.5, 0.6) is 5.75 Å². The van der Waals surface area contributed by atoms with E-state index in [1.54, 1.807) is 31.4 Å². The number of rotatable bonds is 8. The van der Waals surface area contributed by atoms with Crippen LogP contribution in [0.2, 0.25) is 0 Å². The second-order valence-corrected chi connectivity index (χ2v) is 7.89. The van der Waals surface area contributed by atoms with Crippen molar-refractivity contribution in [3.8, 4) is 5.75 Å². The summed E-state index contributed by atoms with van der Waals surface area (Å²) in [7, 11) is 1.64. The van der Waals surface area contributed by atoms with Gasteiger partial charge in [-0.3, -0.25) is 24.2 Å². The number of hydrogen-bond acceptors (Lipinski definition) is 5. The summed E-state index contributed by atoms with van der Waals surface area (Å²) in [6.45, 7) is 2.56. The van der Waals surface area contributed by atoms with Gasteiger partial charge in [-0.2, -0.15) is 0 Å². The molecule has 0 spiro atoms. The van der Waals surface area contributed by atoms with E-state index in [0.717, 1.165) is 42.1 Å². The number of carbonyl (C=O) groups is 3. The first-order chi connectivity index (χ1) is 15.1. The van der Waals surface area contributed by atoms with Crippen molar-refractivity contribution in [1.29, 1.82) is 0 Å². The molecule has 0 aromatic heterocycles. The summed E-state index contributed by atoms with van der Waals surface area (Å²) < 4.78 is 5.25. The Labute approximate surface area is 182 Å². The number of hydrogen-bond donors (Lipinski definition) is 1. The fourth-order valence-corrected chi connectivity index (χ4v) is 4.29. The minimum atomic E-state index is -0.332. The lowest BCUT2D eigenvalue weighted by atomic mass is 10.1. The van der Waals surface area contributed by atoms with Crippen LogP contribution in [0, 0.1) is 0 Å². The Morgan fingerprint density at radius 1 is 1.00 bits per heavy atom. The summed E-state index contributed by atoms with van der Waals surface area (Å²) >= 11 is 0. The van der Waals surface area contributed by atoms with Crippen molar-refractivity contribution in [2.24, 2.45) is 0 Å². The van der Waals surface area contributed by atoms with Crippen LogP contribution in [-0.2, 0) is 4.79 Å². The van der Waals surface area contributed by atoms with Crippen LogP contribution in [-0.4, -0.2) is 60.8 Å². The Morgan fingerprint density at radius 2 is 1.61 bits per heavy atom. The van der Waals surface area contributed by atoms with Gasteiger partial charge in [0, 0.05) is 19.5 Å². The number of imide groups is 1. The fourth-order valence-electron chi connectivity index (χ4n) is 4.29. The molecule has 1 fully saturated rings. The molecule has 3 amide bonds. The second-order valence-electron chi connectivity index (χ2n) is 7.89. The summed E-state index contributed by atoms with van der Waals surface area (Å²) in [5.41, 5.74) is 1.94. The van der Waals surface area contributed by atoms with Gasteiger partial charge in [0.15, 0.2) is 0 Å². The largest absolute Gasteiger partial charge is 0.497 e. The first-order valence-corrected chi connectivity index (χ1v) is 10.7. The molecule has 2 heterocycles. The minimum Gasteiger partial charge on any atom is -0.497 e. The van der Waals surface area contributed by atoms with Crippen LogP contribution in [0.1, 0.15) is 51.6 Å². The maximum absolute atomic E-state index is 12.5. The van der Waals surface area contributed by atoms with Gasteiger partial charge in [-0.05, 0) is 55.8 Å². The third-order valence-electron chi connectivity index (χ3n) is 6.02. The highest BCUT2D eigenvalue weighted by Crippen LogP contribution is 2.26. The number of likely N-dealkylation sites (tertiary alicyclic amines) is 1. The molecule has 31 heavy (non-hydrogen) atoms. The van der Waals surface area contributed by atoms with Gasteiger partial charge in [0.25, 0.3) is 11.8 Å². The van der Waals surface area contributed by atoms with Gasteiger partial charge >= 0.3 is 0 Å². The molecular weight excluding hydrogens is 394 g/mol. The quantitative estimate of drug-likeness (QED) is 0.663. The molecule has 1 N–H and O–H groups in total. The fraction of sp³-hybridized carbons (Fsp3) is 0.375. The van der Waals surface area contributed by atoms with Crippen molar-refractivity contribution in [3.63, 3.8) is 0 Å². The molecule has 162 valence electrons. The summed E-state index contributed by atoms with van der Waals surface area (Å²) in [5, 5.41) is 3.00. The highest BCUT2D eigenvalue weighted by Gasteiger charge is 2.35. The van der Waals surface area contributed by atoms with Gasteiger partial charge in [0.05, 0.1) is 24.3 Å². The summed E-state index contributed by atoms with van der Waals surface area (Å²) in [6, 6.07) is 14.8. The molecule has 0 bridgehead atoms. The zero-order chi connectivity index (χ0) is 21.8. The molecule has 0 saturated carbocycles. The van der Waals surface area contributed by atoms with Crippen molar-refractivity contribution in [2.45, 2.75) is 25.3 Å². The lowest BCUT2D eigenvalue weighted by Crippen LogP contribution is -2.39. The van der Waals surface area contributed by atoms with Crippen LogP contribution in [0.4, 0.5) is 0 Å². The molecule has 4 rings (SSSR count). The molecule has 7 heteroatoms. The van der Waals surface area contributed by atoms with E-state index < -0.39 is 0 Å². The van der Waals surface area contributed by atoms with E-state index in [4.69, 9.17) is 4.74 Å². The van der Waals surface area contributed by atoms with Crippen LogP contribution in [0.25, 0.3) is 0 Å². The zero-order valence-corrected chi connectivity index (χ0v) is 17.7. The standard InChI is InChI=1S/C24H27N3O4/c1-31-18-10-8-17(9-11-18)21(26-13-4-5-14-26)16-25-22(28)12-15-27-23(29)19-6-2-3-7-20(19)24(27)30/h2-3,6-11,21H,4-5,12-16H2,1H3,(H,25,28). The number of nitrogens with one attached hydrogen (secondary N) is 1. The molecule has 2 aromatic carbocycles. The molecule has 7 nitrogen and oxygen atoms in total. The highest BCUT2D eigenvalue weighted by atomic mass is 16.5. The normalized spacial score (nSPS) is 17.0. The van der Waals surface area contributed by atoms with Crippen LogP contribution in [0.15, 0.2) is 48.5 Å². The minimum absolute atomic E-state index is 0.0785. The number of ether oxygens (including phenoxy) is 1. The van der Waals surface area contributed by atoms with Crippen LogP contribution in [0.3, 0.4) is 0 Å². The Kier molecular flexibility index (Phi) is 6.32. The second kappa shape index (κ2) is 9.31. The van der Waals surface area contributed by atoms with Crippen LogP contribution >= 0.6 is 0 Å². The lowest BCUT2D eigenvalue weighted by Gasteiger charge is -2.28. The van der Waals surface area contributed by atoms with E-state index in [1.807, 2.05) is 24.3 Å². The monoisotopic (exact) mass is 421 g/mol. The summed E-state index contributed by atoms with van der Waals surface area (Å²) in [4.78, 5) is 41.0. The van der Waals surface area contributed by atoms with Crippen molar-refractivity contribution in [2.75, 3.05) is 33.3 Å². The van der Waals surface area contributed by atoms with Crippen molar-refractivity contribution < 1.29 is 19.1 Å². The molecule has 1 saturated heterocycles. The molecule has 2 aromatic rings. The lowest BCUT2D eigenvalue weighted by molar-refractivity contribution is -0.121. The van der Waals surface area contributed by atoms with E-state index >= 15 is 0 Å². The third kappa shape index (κ3) is 4.46. The highest BCUT2D eigenvalue weighted by molar-refractivity contribution is 6.21. The SMILES string of the molecule is COc1ccc(C(CNC(=O)CCN2C(=O)c3ccccc3C2=O)N2CCCC2)cc1. The Morgan fingerprint density at radius 3 is 2.19 bits per heavy atom. The molecular formula is C24H27N3O4. The predicted octanol–water partition coefficient (Wildman–Crippen LogP) is 2.63. The third-order valence-corrected chi connectivity index (χ3v) is 6.02. The number of amides is 3. The molecule has 0 radical (unpaired) electrons. The van der Waals surface area contributed by atoms with Gasteiger partial charge in [0.2, 0.25) is 5.91 Å². The Balaban J connectivity index is 1.35. The van der Waals surface area contributed by atoms with E-state index in [9.17, 15) is 14.4 Å². The van der Waals surface area contributed by atoms with Gasteiger partial charge in [-0.25, -0.2) is 0 Å². The van der Waals surface area contributed by atoms with E-state index in [0.29, 0.717) is 17.7 Å². The summed E-state index contributed by atoms with van der Waals surface area (Å²) in [5.74, 6) is -0.0358. The maximum Gasteiger partial charge on any atom is 0.261 e. The smallest absolute Gasteiger partial charge is 0.261 e. The maximum atomic E-state index is 12.5. The zero-order valence-electron chi connectivity index (χ0n) is 17.7. The van der Waals surface area contributed by atoms with Gasteiger partial charge in [-0.1, -0.05) is 24.3 Å². The first-order valence-electron chi connectivity index (χ1n) is 10.7. The number of carbonyl (C=O) groups excluding carboxylic acids is 3. The van der Waals surface area contributed by atoms with Gasteiger partial charge in [-0.15, -0.1) is 0 Å². The predicted molar refractivity (Wildman–Crippen MR) is 116 cm³/mol. The number of methoxy groups -OCH3 is 1. The van der Waals surface area contributed by atoms with Crippen molar-refractivity contribution >= 4 is 17.7 Å². The first kappa shape index (κ1) is 21.1. The van der Waals surface area contributed by atoms with E-state index in [-0.39, 0.29) is 36.7 Å². The van der Waals surface area contributed by atoms with E-state index in [1.165, 1.54) is 0 Å². The molecule has 2 aliphatic heterocycles. The Hall–Kier alpha value is -3.19. The number of benzene rings is 2. The molecule has 1 unspecified atom stereocenters. The van der Waals surface area contributed by atoms with Crippen LogP contribution < -0.4 is 10.1 Å². The topological polar surface area (TPSA) is 79.0 Å². The summed E-state index contributed by atoms with van der Waals surface area (Å²) in [6.07, 6.45) is 2.39. The van der Waals surface area contributed by atoms with Crippen molar-refractivity contribution in [3.05, 3.63) is 65.2 Å². The van der Waals surface area contributed by atoms with Gasteiger partial charge in [0.1, 0.15) is 5.75 Å². The average Bonchev–Trinajstić information content (AvgIpc) is 3.41. The number of nitrogens with zero attached hydrogens (tertiary/aromatic N) is 2. The molecule has 1 atom stereocenters. The van der Waals surface area contributed by atoms with Crippen molar-refractivity contribution in [1.82, 2.24) is 15.1 Å².